The van der Waals surface area contributed by atoms with E-state index in [0.717, 1.165) is 16.8 Å². The van der Waals surface area contributed by atoms with Crippen molar-refractivity contribution in [2.45, 2.75) is 19.0 Å². The summed E-state index contributed by atoms with van der Waals surface area (Å²) in [6, 6.07) is 11.7. The van der Waals surface area contributed by atoms with Crippen LogP contribution in [0.5, 0.6) is 0 Å². The summed E-state index contributed by atoms with van der Waals surface area (Å²) in [7, 11) is 0. The Morgan fingerprint density at radius 1 is 1.17 bits per heavy atom. The van der Waals surface area contributed by atoms with Gasteiger partial charge in [-0.2, -0.15) is 0 Å². The molecule has 0 bridgehead atoms. The summed E-state index contributed by atoms with van der Waals surface area (Å²) in [6.45, 7) is 3.86. The van der Waals surface area contributed by atoms with Crippen LogP contribution in [0.3, 0.4) is 0 Å². The Morgan fingerprint density at radius 2 is 1.97 bits per heavy atom. The van der Waals surface area contributed by atoms with Crippen LogP contribution in [0, 0.1) is 6.92 Å². The maximum atomic E-state index is 12.1. The fraction of sp³-hybridized carbons (Fsp3) is 0.250. The van der Waals surface area contributed by atoms with Gasteiger partial charge in [0.2, 0.25) is 5.91 Å². The van der Waals surface area contributed by atoms with Crippen molar-refractivity contribution >= 4 is 23.6 Å². The van der Waals surface area contributed by atoms with E-state index in [-0.39, 0.29) is 24.8 Å². The van der Waals surface area contributed by atoms with Crippen molar-refractivity contribution in [2.75, 3.05) is 18.9 Å². The lowest BCUT2D eigenvalue weighted by Gasteiger charge is -2.10. The lowest BCUT2D eigenvalue weighted by molar-refractivity contribution is -0.143. The summed E-state index contributed by atoms with van der Waals surface area (Å²) >= 11 is 1.24. The van der Waals surface area contributed by atoms with E-state index >= 15 is 0 Å². The first-order valence-electron chi connectivity index (χ1n) is 9.06. The van der Waals surface area contributed by atoms with E-state index in [0.29, 0.717) is 11.0 Å². The Morgan fingerprint density at radius 3 is 2.66 bits per heavy atom. The second-order valence-corrected chi connectivity index (χ2v) is 7.03. The van der Waals surface area contributed by atoms with Gasteiger partial charge in [-0.15, -0.1) is 10.2 Å². The van der Waals surface area contributed by atoms with Crippen LogP contribution in [0.4, 0.5) is 0 Å². The number of nitrogens with zero attached hydrogens (tertiary/aromatic N) is 4. The molecule has 0 atom stereocenters. The highest BCUT2D eigenvalue weighted by Gasteiger charge is 2.17. The van der Waals surface area contributed by atoms with Gasteiger partial charge < -0.3 is 10.1 Å². The number of hydrogen-bond donors (Lipinski definition) is 1. The molecule has 1 aromatic carbocycles. The first-order chi connectivity index (χ1) is 14.1. The van der Waals surface area contributed by atoms with Crippen molar-refractivity contribution < 1.29 is 14.3 Å². The van der Waals surface area contributed by atoms with Gasteiger partial charge >= 0.3 is 5.97 Å². The van der Waals surface area contributed by atoms with Gasteiger partial charge in [0, 0.05) is 23.6 Å². The number of amides is 1. The molecule has 1 N–H and O–H groups in total. The lowest BCUT2D eigenvalue weighted by atomic mass is 10.2. The van der Waals surface area contributed by atoms with Crippen LogP contribution in [0.2, 0.25) is 0 Å². The topological polar surface area (TPSA) is 99.0 Å². The van der Waals surface area contributed by atoms with Gasteiger partial charge in [-0.05, 0) is 38.1 Å². The summed E-state index contributed by atoms with van der Waals surface area (Å²) in [6.07, 6.45) is 3.41. The number of hydrogen-bond acceptors (Lipinski definition) is 7. The van der Waals surface area contributed by atoms with Crippen LogP contribution in [0.25, 0.3) is 17.1 Å². The van der Waals surface area contributed by atoms with Crippen molar-refractivity contribution in [3.8, 4) is 17.1 Å². The van der Waals surface area contributed by atoms with Crippen LogP contribution in [-0.2, 0) is 14.3 Å². The molecule has 1 amide bonds. The molecule has 0 aliphatic carbocycles. The number of pyridine rings is 1. The zero-order valence-corrected chi connectivity index (χ0v) is 17.0. The molecule has 9 heteroatoms. The summed E-state index contributed by atoms with van der Waals surface area (Å²) in [4.78, 5) is 27.6. The quantitative estimate of drug-likeness (QED) is 0.449. The number of thioether (sulfide) groups is 1. The molecular weight excluding hydrogens is 390 g/mol. The Bertz CT molecular complexity index is 974. The molecule has 0 unspecified atom stereocenters. The second-order valence-electron chi connectivity index (χ2n) is 6.09. The van der Waals surface area contributed by atoms with E-state index in [1.807, 2.05) is 47.9 Å². The fourth-order valence-corrected chi connectivity index (χ4v) is 3.32. The standard InChI is InChI=1S/C20H21N5O3S/c1-3-28-18(27)12-22-17(26)13-29-20-24-23-19(15-5-4-10-21-11-15)25(20)16-8-6-14(2)7-9-16/h4-11H,3,12-13H2,1-2H3,(H,22,26). The van der Waals surface area contributed by atoms with E-state index in [1.54, 1.807) is 19.3 Å². The molecule has 0 aliphatic heterocycles. The molecule has 0 fully saturated rings. The Labute approximate surface area is 172 Å². The Hall–Kier alpha value is -3.20. The third-order valence-electron chi connectivity index (χ3n) is 3.91. The van der Waals surface area contributed by atoms with Crippen molar-refractivity contribution in [3.63, 3.8) is 0 Å². The molecule has 0 radical (unpaired) electrons. The van der Waals surface area contributed by atoms with Crippen molar-refractivity contribution in [3.05, 3.63) is 54.4 Å². The number of nitrogens with one attached hydrogen (secondary N) is 1. The van der Waals surface area contributed by atoms with Crippen LogP contribution in [-0.4, -0.2) is 50.5 Å². The van der Waals surface area contributed by atoms with Gasteiger partial charge in [-0.1, -0.05) is 29.5 Å². The zero-order valence-electron chi connectivity index (χ0n) is 16.2. The van der Waals surface area contributed by atoms with E-state index < -0.39 is 5.97 Å². The number of carbonyl (C=O) groups excluding carboxylic acids is 2. The number of aromatic nitrogens is 4. The SMILES string of the molecule is CCOC(=O)CNC(=O)CSc1nnc(-c2cccnc2)n1-c1ccc(C)cc1. The summed E-state index contributed by atoms with van der Waals surface area (Å²) in [5.41, 5.74) is 2.84. The smallest absolute Gasteiger partial charge is 0.325 e. The highest BCUT2D eigenvalue weighted by Crippen LogP contribution is 2.27. The number of ether oxygens (including phenoxy) is 1. The largest absolute Gasteiger partial charge is 0.465 e. The number of benzene rings is 1. The third-order valence-corrected chi connectivity index (χ3v) is 4.84. The minimum absolute atomic E-state index is 0.0937. The van der Waals surface area contributed by atoms with Crippen molar-refractivity contribution in [1.82, 2.24) is 25.1 Å². The molecule has 8 nitrogen and oxygen atoms in total. The molecule has 3 rings (SSSR count). The molecule has 29 heavy (non-hydrogen) atoms. The second kappa shape index (κ2) is 9.83. The normalized spacial score (nSPS) is 10.6. The summed E-state index contributed by atoms with van der Waals surface area (Å²) < 4.78 is 6.69. The molecule has 0 aliphatic rings. The summed E-state index contributed by atoms with van der Waals surface area (Å²) in [5, 5.41) is 11.7. The van der Waals surface area contributed by atoms with Crippen LogP contribution in [0.15, 0.2) is 53.9 Å². The van der Waals surface area contributed by atoms with Gasteiger partial charge in [0.05, 0.1) is 12.4 Å². The van der Waals surface area contributed by atoms with E-state index in [2.05, 4.69) is 20.5 Å². The minimum Gasteiger partial charge on any atom is -0.465 e. The number of esters is 1. The van der Waals surface area contributed by atoms with Gasteiger partial charge in [-0.3, -0.25) is 19.1 Å². The Balaban J connectivity index is 1.80. The highest BCUT2D eigenvalue weighted by atomic mass is 32.2. The number of carbonyl (C=O) groups is 2. The van der Waals surface area contributed by atoms with Gasteiger partial charge in [0.1, 0.15) is 6.54 Å². The highest BCUT2D eigenvalue weighted by molar-refractivity contribution is 7.99. The lowest BCUT2D eigenvalue weighted by Crippen LogP contribution is -2.31. The van der Waals surface area contributed by atoms with Crippen molar-refractivity contribution in [1.29, 1.82) is 0 Å². The average molecular weight is 411 g/mol. The number of aryl methyl sites for hydroxylation is 1. The van der Waals surface area contributed by atoms with Crippen LogP contribution >= 0.6 is 11.8 Å². The Kier molecular flexibility index (Phi) is 6.96. The molecular formula is C20H21N5O3S. The molecule has 2 aromatic heterocycles. The van der Waals surface area contributed by atoms with Gasteiger partial charge in [0.25, 0.3) is 0 Å². The molecule has 0 saturated heterocycles. The van der Waals surface area contributed by atoms with Crippen LogP contribution in [0.1, 0.15) is 12.5 Å². The fourth-order valence-electron chi connectivity index (χ4n) is 2.54. The monoisotopic (exact) mass is 411 g/mol. The molecule has 2 heterocycles. The van der Waals surface area contributed by atoms with Gasteiger partial charge in [-0.25, -0.2) is 0 Å². The average Bonchev–Trinajstić information content (AvgIpc) is 3.16. The number of rotatable bonds is 8. The zero-order chi connectivity index (χ0) is 20.6. The molecule has 150 valence electrons. The van der Waals surface area contributed by atoms with E-state index in [4.69, 9.17) is 4.74 Å². The molecule has 0 saturated carbocycles. The van der Waals surface area contributed by atoms with E-state index in [9.17, 15) is 9.59 Å². The first-order valence-corrected chi connectivity index (χ1v) is 10.0. The minimum atomic E-state index is -0.465. The molecule has 0 spiro atoms. The summed E-state index contributed by atoms with van der Waals surface area (Å²) in [5.74, 6) is -0.0236. The maximum Gasteiger partial charge on any atom is 0.325 e. The van der Waals surface area contributed by atoms with Crippen molar-refractivity contribution in [2.24, 2.45) is 0 Å². The predicted molar refractivity (Wildman–Crippen MR) is 110 cm³/mol. The van der Waals surface area contributed by atoms with Crippen LogP contribution < -0.4 is 5.32 Å². The van der Waals surface area contributed by atoms with Gasteiger partial charge in [0.15, 0.2) is 11.0 Å². The first kappa shape index (κ1) is 20.5. The maximum absolute atomic E-state index is 12.1. The molecule has 3 aromatic rings. The van der Waals surface area contributed by atoms with E-state index in [1.165, 1.54) is 11.8 Å². The predicted octanol–water partition coefficient (Wildman–Crippen LogP) is 2.41. The third kappa shape index (κ3) is 5.41.